The molecule has 0 spiro atoms. The van der Waals surface area contributed by atoms with Crippen LogP contribution in [0.15, 0.2) is 33.9 Å². The number of halogens is 6. The van der Waals surface area contributed by atoms with Gasteiger partial charge in [-0.05, 0) is 75.6 Å². The molecule has 1 N–H and O–H groups in total. The molecule has 4 heterocycles. The Morgan fingerprint density at radius 3 is 1.58 bits per heavy atom. The summed E-state index contributed by atoms with van der Waals surface area (Å²) in [7, 11) is 0. The number of nitrogens with zero attached hydrogens (tertiary/aromatic N) is 4. The standard InChI is InChI=1S/C18H19Cl2FN2O2.C13H11Cl2FN2O2/c19-13-10-14(21)12(9-15(13)25-11-5-1-2-6-11)16-17(20)22-7-3-4-8-23(22)18(16)24;14-8-6-9(16)7(5-10(8)19)11-12(15)17-3-1-2-4-18(17)13(11)20/h9-11H,1-8H2;5-6,19H,1-4H2. The monoisotopic (exact) mass is 700 g/mol. The summed E-state index contributed by atoms with van der Waals surface area (Å²) in [6.07, 6.45) is 7.93. The predicted molar refractivity (Wildman–Crippen MR) is 171 cm³/mol. The molecule has 0 unspecified atom stereocenters. The summed E-state index contributed by atoms with van der Waals surface area (Å²) in [5.74, 6) is -1.12. The van der Waals surface area contributed by atoms with Gasteiger partial charge >= 0.3 is 0 Å². The van der Waals surface area contributed by atoms with Crippen molar-refractivity contribution in [1.82, 2.24) is 18.7 Å². The van der Waals surface area contributed by atoms with Gasteiger partial charge in [-0.15, -0.1) is 0 Å². The molecule has 0 amide bonds. The fourth-order valence-corrected chi connectivity index (χ4v) is 7.29. The van der Waals surface area contributed by atoms with Crippen LogP contribution in [-0.2, 0) is 26.2 Å². The van der Waals surface area contributed by atoms with Gasteiger partial charge in [-0.1, -0.05) is 46.4 Å². The van der Waals surface area contributed by atoms with E-state index in [0.717, 1.165) is 63.5 Å². The van der Waals surface area contributed by atoms with Gasteiger partial charge in [0.05, 0.1) is 27.3 Å². The van der Waals surface area contributed by atoms with E-state index >= 15 is 0 Å². The lowest BCUT2D eigenvalue weighted by atomic mass is 10.1. The molecule has 1 saturated carbocycles. The Morgan fingerprint density at radius 1 is 0.644 bits per heavy atom. The van der Waals surface area contributed by atoms with Gasteiger partial charge in [0.25, 0.3) is 11.1 Å². The number of phenols is 1. The fourth-order valence-electron chi connectivity index (χ4n) is 6.23. The van der Waals surface area contributed by atoms with E-state index in [1.165, 1.54) is 16.8 Å². The molecule has 1 aliphatic carbocycles. The van der Waals surface area contributed by atoms with Crippen molar-refractivity contribution < 1.29 is 18.6 Å². The molecule has 8 nitrogen and oxygen atoms in total. The van der Waals surface area contributed by atoms with Crippen LogP contribution in [0.3, 0.4) is 0 Å². The van der Waals surface area contributed by atoms with Gasteiger partial charge in [-0.3, -0.25) is 19.0 Å². The van der Waals surface area contributed by atoms with Crippen molar-refractivity contribution in [3.05, 3.63) is 77.0 Å². The summed E-state index contributed by atoms with van der Waals surface area (Å²) in [5.41, 5.74) is -0.238. The molecule has 0 bridgehead atoms. The lowest BCUT2D eigenvalue weighted by molar-refractivity contribution is 0.210. The smallest absolute Gasteiger partial charge is 0.276 e. The van der Waals surface area contributed by atoms with Gasteiger partial charge in [-0.25, -0.2) is 18.1 Å². The van der Waals surface area contributed by atoms with E-state index in [9.17, 15) is 23.5 Å². The summed E-state index contributed by atoms with van der Waals surface area (Å²) in [6, 6.07) is 4.83. The average molecular weight is 702 g/mol. The molecular formula is C31H30Cl4F2N4O4. The Labute approximate surface area is 277 Å². The zero-order valence-corrected chi connectivity index (χ0v) is 27.1. The first kappa shape index (κ1) is 32.0. The second-order valence-electron chi connectivity index (χ2n) is 11.4. The van der Waals surface area contributed by atoms with Gasteiger partial charge in [0.1, 0.15) is 33.4 Å². The number of rotatable bonds is 4. The molecule has 240 valence electrons. The third kappa shape index (κ3) is 6.02. The number of aromatic nitrogens is 4. The lowest BCUT2D eigenvalue weighted by Crippen LogP contribution is -2.27. The van der Waals surface area contributed by atoms with Crippen LogP contribution in [0.25, 0.3) is 22.3 Å². The topological polar surface area (TPSA) is 83.3 Å². The molecule has 4 aromatic rings. The number of hydrogen-bond acceptors (Lipinski definition) is 4. The third-order valence-corrected chi connectivity index (χ3v) is 9.88. The van der Waals surface area contributed by atoms with E-state index in [4.69, 9.17) is 51.1 Å². The minimum absolute atomic E-state index is 0.0312. The van der Waals surface area contributed by atoms with Crippen LogP contribution in [0, 0.1) is 11.6 Å². The normalized spacial score (nSPS) is 16.2. The second-order valence-corrected chi connectivity index (χ2v) is 12.9. The van der Waals surface area contributed by atoms with Gasteiger partial charge < -0.3 is 9.84 Å². The molecule has 0 atom stereocenters. The van der Waals surface area contributed by atoms with Crippen LogP contribution >= 0.6 is 46.4 Å². The molecular weight excluding hydrogens is 672 g/mol. The van der Waals surface area contributed by atoms with Gasteiger partial charge in [-0.2, -0.15) is 0 Å². The Kier molecular flexibility index (Phi) is 9.30. The molecule has 14 heteroatoms. The molecule has 2 aliphatic heterocycles. The highest BCUT2D eigenvalue weighted by atomic mass is 35.5. The van der Waals surface area contributed by atoms with Crippen molar-refractivity contribution in [2.75, 3.05) is 0 Å². The number of ether oxygens (including phenoxy) is 1. The highest BCUT2D eigenvalue weighted by Crippen LogP contribution is 2.38. The Morgan fingerprint density at radius 2 is 1.09 bits per heavy atom. The summed E-state index contributed by atoms with van der Waals surface area (Å²) < 4.78 is 41.0. The van der Waals surface area contributed by atoms with Crippen molar-refractivity contribution in [1.29, 1.82) is 0 Å². The van der Waals surface area contributed by atoms with Gasteiger partial charge in [0.2, 0.25) is 0 Å². The zero-order valence-electron chi connectivity index (χ0n) is 24.1. The van der Waals surface area contributed by atoms with E-state index < -0.39 is 11.6 Å². The maximum absolute atomic E-state index is 14.6. The number of benzene rings is 2. The molecule has 45 heavy (non-hydrogen) atoms. The van der Waals surface area contributed by atoms with E-state index in [2.05, 4.69) is 0 Å². The van der Waals surface area contributed by atoms with Gasteiger partial charge in [0.15, 0.2) is 0 Å². The van der Waals surface area contributed by atoms with Crippen LogP contribution in [0.4, 0.5) is 8.78 Å². The molecule has 0 saturated heterocycles. The van der Waals surface area contributed by atoms with Gasteiger partial charge in [0, 0.05) is 37.3 Å². The molecule has 0 radical (unpaired) electrons. The summed E-state index contributed by atoms with van der Waals surface area (Å²) in [4.78, 5) is 25.1. The SMILES string of the molecule is O=c1c(-c2cc(O)c(Cl)cc2F)c(Cl)n2n1CCCC2.O=c1c(-c2cc(OC3CCCC3)c(Cl)cc2F)c(Cl)n2n1CCCC2. The zero-order chi connectivity index (χ0) is 32.0. The largest absolute Gasteiger partial charge is 0.506 e. The van der Waals surface area contributed by atoms with Crippen molar-refractivity contribution >= 4 is 46.4 Å². The number of fused-ring (bicyclic) bond motifs is 2. The first-order chi connectivity index (χ1) is 21.6. The quantitative estimate of drug-likeness (QED) is 0.233. The molecule has 3 aliphatic rings. The second kappa shape index (κ2) is 13.1. The first-order valence-electron chi connectivity index (χ1n) is 14.9. The van der Waals surface area contributed by atoms with Crippen molar-refractivity contribution in [3.63, 3.8) is 0 Å². The average Bonchev–Trinajstić information content (AvgIpc) is 3.70. The first-order valence-corrected chi connectivity index (χ1v) is 16.4. The maximum atomic E-state index is 14.6. The van der Waals surface area contributed by atoms with Crippen LogP contribution in [-0.4, -0.2) is 29.9 Å². The van der Waals surface area contributed by atoms with Crippen LogP contribution < -0.4 is 15.9 Å². The minimum atomic E-state index is -0.685. The maximum Gasteiger partial charge on any atom is 0.276 e. The number of aromatic hydroxyl groups is 1. The minimum Gasteiger partial charge on any atom is -0.506 e. The highest BCUT2D eigenvalue weighted by molar-refractivity contribution is 6.34. The lowest BCUT2D eigenvalue weighted by Gasteiger charge is -2.17. The molecule has 2 aromatic carbocycles. The highest BCUT2D eigenvalue weighted by Gasteiger charge is 2.27. The Hall–Kier alpha value is -2.92. The molecule has 1 fully saturated rings. The van der Waals surface area contributed by atoms with E-state index in [1.54, 1.807) is 14.0 Å². The van der Waals surface area contributed by atoms with Crippen LogP contribution in [0.1, 0.15) is 51.4 Å². The van der Waals surface area contributed by atoms with Crippen molar-refractivity contribution in [2.24, 2.45) is 0 Å². The van der Waals surface area contributed by atoms with Crippen LogP contribution in [0.5, 0.6) is 11.5 Å². The van der Waals surface area contributed by atoms with E-state index in [1.807, 2.05) is 0 Å². The van der Waals surface area contributed by atoms with Crippen LogP contribution in [0.2, 0.25) is 20.4 Å². The molecule has 7 rings (SSSR count). The van der Waals surface area contributed by atoms with Crippen molar-refractivity contribution in [3.8, 4) is 33.8 Å². The predicted octanol–water partition coefficient (Wildman–Crippen LogP) is 8.14. The number of phenolic OH excluding ortho intramolecular Hbond substituents is 1. The molecule has 2 aromatic heterocycles. The summed E-state index contributed by atoms with van der Waals surface area (Å²) >= 11 is 24.4. The van der Waals surface area contributed by atoms with Crippen molar-refractivity contribution in [2.45, 2.75) is 83.6 Å². The van der Waals surface area contributed by atoms with E-state index in [-0.39, 0.29) is 65.6 Å². The third-order valence-electron chi connectivity index (χ3n) is 8.52. The summed E-state index contributed by atoms with van der Waals surface area (Å²) in [6.45, 7) is 2.43. The Balaban J connectivity index is 0.000000163. The fraction of sp³-hybridized carbons (Fsp3) is 0.419. The summed E-state index contributed by atoms with van der Waals surface area (Å²) in [5, 5.41) is 10.2. The number of hydrogen-bond donors (Lipinski definition) is 1. The Bertz CT molecular complexity index is 1890. The van der Waals surface area contributed by atoms with E-state index in [0.29, 0.717) is 31.9 Å².